The van der Waals surface area contributed by atoms with E-state index in [2.05, 4.69) is 4.74 Å². The van der Waals surface area contributed by atoms with Crippen LogP contribution in [0.4, 0.5) is 8.78 Å². The van der Waals surface area contributed by atoms with Crippen LogP contribution in [0.25, 0.3) is 6.08 Å². The van der Waals surface area contributed by atoms with E-state index in [1.54, 1.807) is 51.5 Å². The fourth-order valence-corrected chi connectivity index (χ4v) is 2.56. The third kappa shape index (κ3) is 5.79. The van der Waals surface area contributed by atoms with Crippen LogP contribution in [-0.2, 0) is 11.3 Å². The van der Waals surface area contributed by atoms with Gasteiger partial charge in [-0.05, 0) is 48.9 Å². The molecule has 0 saturated heterocycles. The lowest BCUT2D eigenvalue weighted by atomic mass is 10.1. The summed E-state index contributed by atoms with van der Waals surface area (Å²) in [5.41, 5.74) is 1.85. The Morgan fingerprint density at radius 1 is 1.07 bits per heavy atom. The molecule has 0 aliphatic carbocycles. The molecule has 2 rings (SSSR count). The van der Waals surface area contributed by atoms with E-state index in [4.69, 9.17) is 14.2 Å². The minimum absolute atomic E-state index is 0.0558. The predicted molar refractivity (Wildman–Crippen MR) is 101 cm³/mol. The molecule has 0 heterocycles. The molecule has 28 heavy (non-hydrogen) atoms. The maximum Gasteiger partial charge on any atom is 0.387 e. The van der Waals surface area contributed by atoms with Crippen molar-refractivity contribution in [2.75, 3.05) is 20.8 Å². The summed E-state index contributed by atoms with van der Waals surface area (Å²) in [6, 6.07) is 9.56. The molecule has 0 N–H and O–H groups in total. The second kappa shape index (κ2) is 10.4. The highest BCUT2D eigenvalue weighted by atomic mass is 19.3. The standard InChI is InChI=1S/C21H22F2O5/c1-4-27-20-11-14(6-9-19(20)28-21(22)23)5-8-17(24)15-7-10-18(26-3)16(12-15)13-25-2/h5-12,21H,4,13H2,1-3H3/b8-5+. The molecule has 2 aromatic rings. The third-order valence-corrected chi connectivity index (χ3v) is 3.78. The van der Waals surface area contributed by atoms with Crippen LogP contribution in [0.1, 0.15) is 28.4 Å². The number of hydrogen-bond acceptors (Lipinski definition) is 5. The molecule has 0 aliphatic heterocycles. The van der Waals surface area contributed by atoms with E-state index in [9.17, 15) is 13.6 Å². The number of alkyl halides is 2. The van der Waals surface area contributed by atoms with Crippen molar-refractivity contribution in [3.8, 4) is 17.2 Å². The summed E-state index contributed by atoms with van der Waals surface area (Å²) in [6.45, 7) is -0.602. The summed E-state index contributed by atoms with van der Waals surface area (Å²) in [5, 5.41) is 0. The monoisotopic (exact) mass is 392 g/mol. The number of benzene rings is 2. The summed E-state index contributed by atoms with van der Waals surface area (Å²) < 4.78 is 45.1. The average molecular weight is 392 g/mol. The molecule has 0 aromatic heterocycles. The van der Waals surface area contributed by atoms with Crippen LogP contribution in [0.5, 0.6) is 17.2 Å². The molecule has 0 saturated carbocycles. The van der Waals surface area contributed by atoms with E-state index in [0.717, 1.165) is 5.56 Å². The van der Waals surface area contributed by atoms with Gasteiger partial charge in [0.15, 0.2) is 17.3 Å². The van der Waals surface area contributed by atoms with Gasteiger partial charge in [-0.1, -0.05) is 12.1 Å². The molecule has 0 aliphatic rings. The van der Waals surface area contributed by atoms with E-state index in [-0.39, 0.29) is 17.3 Å². The first kappa shape index (κ1) is 21.4. The highest BCUT2D eigenvalue weighted by molar-refractivity contribution is 6.07. The first-order chi connectivity index (χ1) is 13.5. The van der Waals surface area contributed by atoms with Crippen LogP contribution in [0.15, 0.2) is 42.5 Å². The number of carbonyl (C=O) groups excluding carboxylic acids is 1. The van der Waals surface area contributed by atoms with Gasteiger partial charge in [0.1, 0.15) is 5.75 Å². The number of methoxy groups -OCH3 is 2. The van der Waals surface area contributed by atoms with E-state index in [1.165, 1.54) is 18.2 Å². The smallest absolute Gasteiger partial charge is 0.387 e. The Balaban J connectivity index is 2.21. The summed E-state index contributed by atoms with van der Waals surface area (Å²) in [4.78, 5) is 12.5. The quantitative estimate of drug-likeness (QED) is 0.432. The number of rotatable bonds is 10. The van der Waals surface area contributed by atoms with Crippen LogP contribution in [0.2, 0.25) is 0 Å². The van der Waals surface area contributed by atoms with E-state index in [1.807, 2.05) is 0 Å². The van der Waals surface area contributed by atoms with Crippen LogP contribution < -0.4 is 14.2 Å². The van der Waals surface area contributed by atoms with Gasteiger partial charge in [-0.15, -0.1) is 0 Å². The van der Waals surface area contributed by atoms with Gasteiger partial charge in [-0.25, -0.2) is 0 Å². The largest absolute Gasteiger partial charge is 0.496 e. The molecule has 0 fully saturated rings. The van der Waals surface area contributed by atoms with Crippen molar-refractivity contribution in [2.24, 2.45) is 0 Å². The van der Waals surface area contributed by atoms with Gasteiger partial charge in [0.05, 0.1) is 20.3 Å². The Morgan fingerprint density at radius 3 is 2.46 bits per heavy atom. The molecule has 2 aromatic carbocycles. The van der Waals surface area contributed by atoms with Gasteiger partial charge in [0.2, 0.25) is 0 Å². The van der Waals surface area contributed by atoms with Gasteiger partial charge in [-0.2, -0.15) is 8.78 Å². The maximum atomic E-state index is 12.5. The molecule has 0 spiro atoms. The first-order valence-corrected chi connectivity index (χ1v) is 8.58. The number of allylic oxidation sites excluding steroid dienone is 1. The first-order valence-electron chi connectivity index (χ1n) is 8.58. The summed E-state index contributed by atoms with van der Waals surface area (Å²) in [7, 11) is 3.11. The van der Waals surface area contributed by atoms with E-state index < -0.39 is 6.61 Å². The lowest BCUT2D eigenvalue weighted by Gasteiger charge is -2.11. The number of ether oxygens (including phenoxy) is 4. The lowest BCUT2D eigenvalue weighted by Crippen LogP contribution is -2.04. The summed E-state index contributed by atoms with van der Waals surface area (Å²) >= 11 is 0. The predicted octanol–water partition coefficient (Wildman–Crippen LogP) is 4.74. The number of carbonyl (C=O) groups is 1. The van der Waals surface area contributed by atoms with Crippen LogP contribution >= 0.6 is 0 Å². The van der Waals surface area contributed by atoms with E-state index in [0.29, 0.717) is 30.1 Å². The SMILES string of the molecule is CCOc1cc(/C=C/C(=O)c2ccc(OC)c(COC)c2)ccc1OC(F)F. The Hall–Kier alpha value is -2.93. The van der Waals surface area contributed by atoms with Crippen molar-refractivity contribution < 1.29 is 32.5 Å². The van der Waals surface area contributed by atoms with Crippen LogP contribution in [-0.4, -0.2) is 33.2 Å². The summed E-state index contributed by atoms with van der Waals surface area (Å²) in [6.07, 6.45) is 2.98. The van der Waals surface area contributed by atoms with E-state index >= 15 is 0 Å². The molecule has 0 bridgehead atoms. The zero-order valence-electron chi connectivity index (χ0n) is 15.9. The van der Waals surface area contributed by atoms with Crippen molar-refractivity contribution in [3.05, 3.63) is 59.2 Å². The zero-order chi connectivity index (χ0) is 20.5. The molecule has 0 radical (unpaired) electrons. The second-order valence-electron chi connectivity index (χ2n) is 5.67. The Labute approximate surface area is 162 Å². The van der Waals surface area contributed by atoms with Crippen molar-refractivity contribution in [2.45, 2.75) is 20.1 Å². The van der Waals surface area contributed by atoms with Crippen molar-refractivity contribution in [1.29, 1.82) is 0 Å². The number of ketones is 1. The van der Waals surface area contributed by atoms with Gasteiger partial charge >= 0.3 is 6.61 Å². The lowest BCUT2D eigenvalue weighted by molar-refractivity contribution is -0.0514. The molecule has 7 heteroatoms. The fraction of sp³-hybridized carbons (Fsp3) is 0.286. The molecule has 0 unspecified atom stereocenters. The van der Waals surface area contributed by atoms with Crippen LogP contribution in [0.3, 0.4) is 0 Å². The Morgan fingerprint density at radius 2 is 1.82 bits per heavy atom. The van der Waals surface area contributed by atoms with Gasteiger partial charge < -0.3 is 18.9 Å². The Bertz CT molecular complexity index is 834. The number of halogens is 2. The molecule has 5 nitrogen and oxygen atoms in total. The van der Waals surface area contributed by atoms with Gasteiger partial charge in [0.25, 0.3) is 0 Å². The highest BCUT2D eigenvalue weighted by Crippen LogP contribution is 2.30. The fourth-order valence-electron chi connectivity index (χ4n) is 2.56. The van der Waals surface area contributed by atoms with Crippen molar-refractivity contribution >= 4 is 11.9 Å². The molecule has 150 valence electrons. The normalized spacial score (nSPS) is 11.1. The highest BCUT2D eigenvalue weighted by Gasteiger charge is 2.12. The third-order valence-electron chi connectivity index (χ3n) is 3.78. The minimum Gasteiger partial charge on any atom is -0.496 e. The number of hydrogen-bond donors (Lipinski definition) is 0. The van der Waals surface area contributed by atoms with Crippen molar-refractivity contribution in [1.82, 2.24) is 0 Å². The topological polar surface area (TPSA) is 54.0 Å². The zero-order valence-corrected chi connectivity index (χ0v) is 15.9. The molecular weight excluding hydrogens is 370 g/mol. The molecule has 0 atom stereocenters. The minimum atomic E-state index is -2.95. The molecular formula is C21H22F2O5. The van der Waals surface area contributed by atoms with Crippen molar-refractivity contribution in [3.63, 3.8) is 0 Å². The maximum absolute atomic E-state index is 12.5. The summed E-state index contributed by atoms with van der Waals surface area (Å²) in [5.74, 6) is 0.549. The van der Waals surface area contributed by atoms with Crippen LogP contribution in [0, 0.1) is 0 Å². The van der Waals surface area contributed by atoms with Gasteiger partial charge in [0, 0.05) is 18.2 Å². The van der Waals surface area contributed by atoms with Gasteiger partial charge in [-0.3, -0.25) is 4.79 Å². The molecule has 0 amide bonds. The Kier molecular flexibility index (Phi) is 7.95. The second-order valence-corrected chi connectivity index (χ2v) is 5.67. The average Bonchev–Trinajstić information content (AvgIpc) is 2.68.